The molecule has 182 valence electrons. The van der Waals surface area contributed by atoms with Crippen LogP contribution in [0.1, 0.15) is 50.2 Å². The Morgan fingerprint density at radius 2 is 1.85 bits per heavy atom. The molecule has 4 unspecified atom stereocenters. The van der Waals surface area contributed by atoms with E-state index in [1.807, 2.05) is 6.07 Å². The number of halogens is 3. The Labute approximate surface area is 196 Å². The Bertz CT molecular complexity index is 1120. The lowest BCUT2D eigenvalue weighted by Gasteiger charge is -2.28. The van der Waals surface area contributed by atoms with Crippen LogP contribution in [0.3, 0.4) is 0 Å². The number of hydrogen-bond donors (Lipinski definition) is 2. The van der Waals surface area contributed by atoms with Crippen LogP contribution >= 0.6 is 0 Å². The fraction of sp³-hybridized carbons (Fsp3) is 0.593. The molecule has 0 amide bonds. The molecule has 2 N–H and O–H groups in total. The molecule has 0 heterocycles. The van der Waals surface area contributed by atoms with Gasteiger partial charge in [0.05, 0.1) is 12.0 Å². The summed E-state index contributed by atoms with van der Waals surface area (Å²) in [5, 5.41) is 13.8. The zero-order chi connectivity index (χ0) is 23.8. The summed E-state index contributed by atoms with van der Waals surface area (Å²) in [7, 11) is 0. The van der Waals surface area contributed by atoms with Gasteiger partial charge in [-0.05, 0) is 90.2 Å². The average molecular weight is 474 g/mol. The first kappa shape index (κ1) is 22.2. The van der Waals surface area contributed by atoms with Gasteiger partial charge in [0, 0.05) is 12.6 Å². The molecule has 5 saturated carbocycles. The quantitative estimate of drug-likeness (QED) is 0.551. The maximum Gasteiger partial charge on any atom is 0.420 e. The molecule has 0 aromatic heterocycles. The minimum Gasteiger partial charge on any atom is -0.490 e. The Morgan fingerprint density at radius 1 is 1.09 bits per heavy atom. The highest BCUT2D eigenvalue weighted by Gasteiger charge is 2.75. The van der Waals surface area contributed by atoms with Crippen molar-refractivity contribution in [1.29, 1.82) is 0 Å². The number of carboxylic acids is 1. The summed E-state index contributed by atoms with van der Waals surface area (Å²) in [6.45, 7) is 2.70. The Balaban J connectivity index is 1.21. The first-order chi connectivity index (χ1) is 16.2. The maximum atomic E-state index is 14.1. The largest absolute Gasteiger partial charge is 0.490 e. The van der Waals surface area contributed by atoms with Gasteiger partial charge >= 0.3 is 12.1 Å². The summed E-state index contributed by atoms with van der Waals surface area (Å²) in [5.41, 5.74) is 0.216. The summed E-state index contributed by atoms with van der Waals surface area (Å²) in [5.74, 6) is 1.09. The van der Waals surface area contributed by atoms with Gasteiger partial charge in [-0.3, -0.25) is 4.79 Å². The van der Waals surface area contributed by atoms with Crippen molar-refractivity contribution in [2.24, 2.45) is 35.5 Å². The molecule has 4 bridgehead atoms. The molecule has 0 radical (unpaired) electrons. The molecule has 0 aliphatic heterocycles. The number of aliphatic carboxylic acids is 1. The molecule has 7 rings (SSSR count). The number of benzene rings is 2. The Kier molecular flexibility index (Phi) is 5.14. The molecular formula is C27H30F3NO3. The molecule has 0 saturated heterocycles. The van der Waals surface area contributed by atoms with E-state index >= 15 is 0 Å². The average Bonchev–Trinajstić information content (AvgIpc) is 3.09. The lowest BCUT2D eigenvalue weighted by molar-refractivity contribution is -0.143. The number of nitrogens with one attached hydrogen (secondary N) is 1. The number of alkyl halides is 3. The van der Waals surface area contributed by atoms with Crippen molar-refractivity contribution < 1.29 is 27.8 Å². The number of hydrogen-bond acceptors (Lipinski definition) is 3. The number of fused-ring (bicyclic) bond motifs is 1. The standard InChI is InChI=1S/C27H30F3NO3/c1-13-2-6-16(7-3-13)34-20-9-5-15-10-14(4-8-17(15)24(20)27(28,29)30)12-31-25-19-11-18-21(22(18)25)23(19)26(32)33/h4-5,8-10,13,16,18-19,21-23,25,31H,2-3,6-7,11-12H2,1H3,(H,32,33)/t13?,16?,18-,19+,21?,22?,23?,25?/m0/s1. The highest BCUT2D eigenvalue weighted by Crippen LogP contribution is 2.73. The van der Waals surface area contributed by atoms with Crippen molar-refractivity contribution in [2.75, 3.05) is 0 Å². The van der Waals surface area contributed by atoms with Crippen LogP contribution in [0.5, 0.6) is 5.75 Å². The van der Waals surface area contributed by atoms with Gasteiger partial charge in [-0.1, -0.05) is 25.1 Å². The van der Waals surface area contributed by atoms with Gasteiger partial charge in [0.1, 0.15) is 11.3 Å². The number of carbonyl (C=O) groups is 1. The van der Waals surface area contributed by atoms with E-state index in [1.54, 1.807) is 18.2 Å². The van der Waals surface area contributed by atoms with E-state index in [0.717, 1.165) is 37.7 Å². The molecule has 4 nitrogen and oxygen atoms in total. The Hall–Kier alpha value is -2.28. The lowest BCUT2D eigenvalue weighted by atomic mass is 9.89. The van der Waals surface area contributed by atoms with Gasteiger partial charge in [0.25, 0.3) is 0 Å². The van der Waals surface area contributed by atoms with Gasteiger partial charge in [-0.25, -0.2) is 0 Å². The number of ether oxygens (including phenoxy) is 1. The summed E-state index contributed by atoms with van der Waals surface area (Å²) in [6.07, 6.45) is -0.158. The van der Waals surface area contributed by atoms with Gasteiger partial charge in [-0.2, -0.15) is 13.2 Å². The topological polar surface area (TPSA) is 58.6 Å². The van der Waals surface area contributed by atoms with Crippen LogP contribution in [0, 0.1) is 35.5 Å². The second-order valence-electron chi connectivity index (χ2n) is 11.0. The molecule has 0 spiro atoms. The highest BCUT2D eigenvalue weighted by molar-refractivity contribution is 5.89. The molecular weight excluding hydrogens is 443 g/mol. The fourth-order valence-electron chi connectivity index (χ4n) is 7.41. The minimum atomic E-state index is -4.51. The third-order valence-corrected chi connectivity index (χ3v) is 9.00. The summed E-state index contributed by atoms with van der Waals surface area (Å²) < 4.78 is 48.2. The predicted octanol–water partition coefficient (Wildman–Crippen LogP) is 5.87. The predicted molar refractivity (Wildman–Crippen MR) is 121 cm³/mol. The monoisotopic (exact) mass is 473 g/mol. The SMILES string of the molecule is CC1CCC(Oc2ccc3cc(CNC4C5C6C(C(=O)O)[C@H]4C[C@H]56)ccc3c2C(F)(F)F)CC1. The van der Waals surface area contributed by atoms with E-state index in [4.69, 9.17) is 4.74 Å². The van der Waals surface area contributed by atoms with Gasteiger partial charge in [0.15, 0.2) is 0 Å². The second-order valence-corrected chi connectivity index (χ2v) is 11.0. The van der Waals surface area contributed by atoms with Crippen molar-refractivity contribution in [3.05, 3.63) is 41.5 Å². The molecule has 5 aliphatic rings. The van der Waals surface area contributed by atoms with Crippen LogP contribution in [0.25, 0.3) is 10.8 Å². The Morgan fingerprint density at radius 3 is 2.50 bits per heavy atom. The van der Waals surface area contributed by atoms with Crippen LogP contribution in [-0.2, 0) is 17.5 Å². The summed E-state index contributed by atoms with van der Waals surface area (Å²) in [6, 6.07) is 8.50. The molecule has 2 aromatic carbocycles. The van der Waals surface area contributed by atoms with E-state index in [0.29, 0.717) is 35.6 Å². The first-order valence-corrected chi connectivity index (χ1v) is 12.5. The van der Waals surface area contributed by atoms with Gasteiger partial charge < -0.3 is 15.2 Å². The molecule has 34 heavy (non-hydrogen) atoms. The molecule has 6 atom stereocenters. The third-order valence-electron chi connectivity index (χ3n) is 9.00. The molecule has 5 aliphatic carbocycles. The number of carboxylic acid groups (broad SMARTS) is 1. The van der Waals surface area contributed by atoms with Crippen LogP contribution < -0.4 is 10.1 Å². The van der Waals surface area contributed by atoms with E-state index in [1.165, 1.54) is 6.07 Å². The first-order valence-electron chi connectivity index (χ1n) is 12.5. The van der Waals surface area contributed by atoms with Crippen LogP contribution in [0.4, 0.5) is 13.2 Å². The highest BCUT2D eigenvalue weighted by atomic mass is 19.4. The molecule has 7 heteroatoms. The van der Waals surface area contributed by atoms with Gasteiger partial charge in [0.2, 0.25) is 0 Å². The minimum absolute atomic E-state index is 0.0735. The van der Waals surface area contributed by atoms with E-state index in [-0.39, 0.29) is 35.1 Å². The van der Waals surface area contributed by atoms with Gasteiger partial charge in [-0.15, -0.1) is 0 Å². The zero-order valence-corrected chi connectivity index (χ0v) is 19.1. The summed E-state index contributed by atoms with van der Waals surface area (Å²) in [4.78, 5) is 11.6. The van der Waals surface area contributed by atoms with Crippen molar-refractivity contribution in [3.8, 4) is 5.75 Å². The van der Waals surface area contributed by atoms with Crippen LogP contribution in [0.2, 0.25) is 0 Å². The fourth-order valence-corrected chi connectivity index (χ4v) is 7.41. The van der Waals surface area contributed by atoms with Crippen LogP contribution in [-0.4, -0.2) is 23.2 Å². The lowest BCUT2D eigenvalue weighted by Crippen LogP contribution is -2.34. The molecule has 5 fully saturated rings. The maximum absolute atomic E-state index is 14.1. The summed E-state index contributed by atoms with van der Waals surface area (Å²) >= 11 is 0. The van der Waals surface area contributed by atoms with Crippen molar-refractivity contribution >= 4 is 16.7 Å². The van der Waals surface area contributed by atoms with Crippen molar-refractivity contribution in [2.45, 2.75) is 63.9 Å². The second kappa shape index (κ2) is 7.87. The third kappa shape index (κ3) is 3.58. The van der Waals surface area contributed by atoms with Crippen molar-refractivity contribution in [3.63, 3.8) is 0 Å². The van der Waals surface area contributed by atoms with E-state index in [2.05, 4.69) is 12.2 Å². The van der Waals surface area contributed by atoms with E-state index in [9.17, 15) is 23.1 Å². The smallest absolute Gasteiger partial charge is 0.420 e. The van der Waals surface area contributed by atoms with E-state index < -0.39 is 17.7 Å². The normalized spacial score (nSPS) is 36.1. The van der Waals surface area contributed by atoms with Crippen molar-refractivity contribution in [1.82, 2.24) is 5.32 Å². The number of rotatable bonds is 6. The van der Waals surface area contributed by atoms with Crippen LogP contribution in [0.15, 0.2) is 30.3 Å². The molecule has 2 aromatic rings. The zero-order valence-electron chi connectivity index (χ0n) is 19.1.